The van der Waals surface area contributed by atoms with E-state index in [0.29, 0.717) is 36.5 Å². The van der Waals surface area contributed by atoms with Gasteiger partial charge in [-0.1, -0.05) is 13.8 Å². The van der Waals surface area contributed by atoms with Gasteiger partial charge in [0.1, 0.15) is 5.75 Å². The Bertz CT molecular complexity index is 688. The highest BCUT2D eigenvalue weighted by Crippen LogP contribution is 2.28. The van der Waals surface area contributed by atoms with Crippen LogP contribution in [-0.2, 0) is 14.4 Å². The highest BCUT2D eigenvalue weighted by atomic mass is 16.5. The number of hydrogen-bond donors (Lipinski definition) is 2. The molecule has 1 aliphatic rings. The van der Waals surface area contributed by atoms with Crippen LogP contribution < -0.4 is 15.4 Å². The summed E-state index contributed by atoms with van der Waals surface area (Å²) in [6.45, 7) is 5.12. The normalized spacial score (nSPS) is 14.2. The molecular weight excluding hydrogens is 346 g/mol. The molecule has 2 N–H and O–H groups in total. The Hall–Kier alpha value is -2.57. The van der Waals surface area contributed by atoms with Crippen LogP contribution in [0.2, 0.25) is 0 Å². The first kappa shape index (κ1) is 20.7. The van der Waals surface area contributed by atoms with Crippen LogP contribution >= 0.6 is 0 Å². The second-order valence-corrected chi connectivity index (χ2v) is 7.20. The molecule has 0 unspecified atom stereocenters. The SMILES string of the molecule is COc1cc(NC(=O)CCN2CCCCC2=O)ccc1NC(=O)CC(C)C. The molecule has 1 heterocycles. The maximum atomic E-state index is 12.2. The van der Waals surface area contributed by atoms with Gasteiger partial charge in [-0.15, -0.1) is 0 Å². The average Bonchev–Trinajstić information content (AvgIpc) is 2.61. The lowest BCUT2D eigenvalue weighted by molar-refractivity contribution is -0.133. The number of hydrogen-bond acceptors (Lipinski definition) is 4. The number of ether oxygens (including phenoxy) is 1. The van der Waals surface area contributed by atoms with E-state index >= 15 is 0 Å². The number of anilines is 2. The summed E-state index contributed by atoms with van der Waals surface area (Å²) >= 11 is 0. The highest BCUT2D eigenvalue weighted by Gasteiger charge is 2.18. The molecule has 0 spiro atoms. The van der Waals surface area contributed by atoms with Gasteiger partial charge in [-0.05, 0) is 30.9 Å². The Morgan fingerprint density at radius 3 is 2.63 bits per heavy atom. The summed E-state index contributed by atoms with van der Waals surface area (Å²) in [6, 6.07) is 5.10. The molecule has 0 saturated carbocycles. The van der Waals surface area contributed by atoms with E-state index in [2.05, 4.69) is 10.6 Å². The standard InChI is InChI=1S/C20H29N3O4/c1-14(2)12-19(25)22-16-8-7-15(13-17(16)27-3)21-18(24)9-11-23-10-5-4-6-20(23)26/h7-8,13-14H,4-6,9-12H2,1-3H3,(H,21,24)(H,22,25). The van der Waals surface area contributed by atoms with Crippen LogP contribution in [0.25, 0.3) is 0 Å². The summed E-state index contributed by atoms with van der Waals surface area (Å²) in [5.74, 6) is 0.632. The van der Waals surface area contributed by atoms with Crippen molar-refractivity contribution < 1.29 is 19.1 Å². The molecule has 2 rings (SSSR count). The lowest BCUT2D eigenvalue weighted by atomic mass is 10.1. The van der Waals surface area contributed by atoms with E-state index in [1.54, 1.807) is 23.1 Å². The van der Waals surface area contributed by atoms with Gasteiger partial charge in [-0.3, -0.25) is 14.4 Å². The van der Waals surface area contributed by atoms with E-state index in [4.69, 9.17) is 4.74 Å². The molecular formula is C20H29N3O4. The summed E-state index contributed by atoms with van der Waals surface area (Å²) in [5.41, 5.74) is 1.16. The number of carbonyl (C=O) groups is 3. The molecule has 0 aliphatic carbocycles. The molecule has 7 nitrogen and oxygen atoms in total. The van der Waals surface area contributed by atoms with Crippen molar-refractivity contribution >= 4 is 29.1 Å². The Balaban J connectivity index is 1.91. The summed E-state index contributed by atoms with van der Waals surface area (Å²) in [4.78, 5) is 37.7. The van der Waals surface area contributed by atoms with Gasteiger partial charge >= 0.3 is 0 Å². The van der Waals surface area contributed by atoms with Crippen molar-refractivity contribution in [1.29, 1.82) is 0 Å². The van der Waals surface area contributed by atoms with E-state index in [1.807, 2.05) is 13.8 Å². The smallest absolute Gasteiger partial charge is 0.226 e. The van der Waals surface area contributed by atoms with Crippen molar-refractivity contribution in [1.82, 2.24) is 4.90 Å². The van der Waals surface area contributed by atoms with Crippen LogP contribution in [0.3, 0.4) is 0 Å². The number of piperidine rings is 1. The summed E-state index contributed by atoms with van der Waals surface area (Å²) < 4.78 is 5.32. The third-order valence-electron chi connectivity index (χ3n) is 4.38. The van der Waals surface area contributed by atoms with Gasteiger partial charge in [0.25, 0.3) is 0 Å². The number of methoxy groups -OCH3 is 1. The summed E-state index contributed by atoms with van der Waals surface area (Å²) in [5, 5.41) is 5.64. The molecule has 148 valence electrons. The minimum atomic E-state index is -0.160. The number of carbonyl (C=O) groups excluding carboxylic acids is 3. The molecule has 1 aliphatic heterocycles. The number of nitrogens with one attached hydrogen (secondary N) is 2. The minimum Gasteiger partial charge on any atom is -0.494 e. The monoisotopic (exact) mass is 375 g/mol. The molecule has 1 saturated heterocycles. The van der Waals surface area contributed by atoms with Crippen molar-refractivity contribution in [3.8, 4) is 5.75 Å². The number of amides is 3. The summed E-state index contributed by atoms with van der Waals surface area (Å²) in [6.07, 6.45) is 3.18. The van der Waals surface area contributed by atoms with E-state index in [-0.39, 0.29) is 30.1 Å². The third-order valence-corrected chi connectivity index (χ3v) is 4.38. The molecule has 0 aromatic heterocycles. The first-order valence-corrected chi connectivity index (χ1v) is 9.44. The van der Waals surface area contributed by atoms with Crippen LogP contribution in [0.1, 0.15) is 46.0 Å². The maximum Gasteiger partial charge on any atom is 0.226 e. The van der Waals surface area contributed by atoms with Crippen molar-refractivity contribution in [3.63, 3.8) is 0 Å². The van der Waals surface area contributed by atoms with E-state index in [0.717, 1.165) is 19.4 Å². The number of rotatable bonds is 8. The molecule has 1 aromatic carbocycles. The van der Waals surface area contributed by atoms with Gasteiger partial charge in [-0.25, -0.2) is 0 Å². The molecule has 0 atom stereocenters. The van der Waals surface area contributed by atoms with Crippen molar-refractivity contribution in [2.24, 2.45) is 5.92 Å². The second kappa shape index (κ2) is 9.94. The maximum absolute atomic E-state index is 12.2. The topological polar surface area (TPSA) is 87.7 Å². The van der Waals surface area contributed by atoms with Gasteiger partial charge in [0.05, 0.1) is 12.8 Å². The molecule has 0 radical (unpaired) electrons. The van der Waals surface area contributed by atoms with Crippen LogP contribution in [0.5, 0.6) is 5.75 Å². The van der Waals surface area contributed by atoms with E-state index in [1.165, 1.54) is 7.11 Å². The van der Waals surface area contributed by atoms with Crippen molar-refractivity contribution in [2.75, 3.05) is 30.8 Å². The zero-order valence-corrected chi connectivity index (χ0v) is 16.3. The molecule has 1 fully saturated rings. The van der Waals surface area contributed by atoms with Crippen molar-refractivity contribution in [2.45, 2.75) is 46.0 Å². The number of nitrogens with zero attached hydrogens (tertiary/aromatic N) is 1. The summed E-state index contributed by atoms with van der Waals surface area (Å²) in [7, 11) is 1.51. The van der Waals surface area contributed by atoms with Gasteiger partial charge in [0.15, 0.2) is 0 Å². The Morgan fingerprint density at radius 1 is 1.19 bits per heavy atom. The van der Waals surface area contributed by atoms with Crippen LogP contribution in [0.4, 0.5) is 11.4 Å². The molecule has 27 heavy (non-hydrogen) atoms. The van der Waals surface area contributed by atoms with Crippen LogP contribution in [0.15, 0.2) is 18.2 Å². The lowest BCUT2D eigenvalue weighted by Crippen LogP contribution is -2.37. The first-order valence-electron chi connectivity index (χ1n) is 9.44. The van der Waals surface area contributed by atoms with E-state index < -0.39 is 0 Å². The quantitative estimate of drug-likeness (QED) is 0.731. The van der Waals surface area contributed by atoms with Crippen LogP contribution in [-0.4, -0.2) is 42.8 Å². The zero-order chi connectivity index (χ0) is 19.8. The fraction of sp³-hybridized carbons (Fsp3) is 0.550. The predicted molar refractivity (Wildman–Crippen MR) is 105 cm³/mol. The Morgan fingerprint density at radius 2 is 1.96 bits per heavy atom. The van der Waals surface area contributed by atoms with E-state index in [9.17, 15) is 14.4 Å². The van der Waals surface area contributed by atoms with Gasteiger partial charge < -0.3 is 20.3 Å². The predicted octanol–water partition coefficient (Wildman–Crippen LogP) is 3.02. The van der Waals surface area contributed by atoms with Gasteiger partial charge in [0.2, 0.25) is 17.7 Å². The molecule has 3 amide bonds. The Kier molecular flexibility index (Phi) is 7.64. The Labute approximate surface area is 160 Å². The zero-order valence-electron chi connectivity index (χ0n) is 16.3. The first-order chi connectivity index (χ1) is 12.9. The highest BCUT2D eigenvalue weighted by molar-refractivity contribution is 5.94. The van der Waals surface area contributed by atoms with Crippen molar-refractivity contribution in [3.05, 3.63) is 18.2 Å². The fourth-order valence-electron chi connectivity index (χ4n) is 3.00. The molecule has 1 aromatic rings. The average molecular weight is 375 g/mol. The third kappa shape index (κ3) is 6.58. The molecule has 0 bridgehead atoms. The largest absolute Gasteiger partial charge is 0.494 e. The molecule has 7 heteroatoms. The fourth-order valence-corrected chi connectivity index (χ4v) is 3.00. The minimum absolute atomic E-state index is 0.0775. The van der Waals surface area contributed by atoms with Gasteiger partial charge in [0, 0.05) is 44.1 Å². The lowest BCUT2D eigenvalue weighted by Gasteiger charge is -2.26. The number of likely N-dealkylation sites (tertiary alicyclic amines) is 1. The number of benzene rings is 1. The second-order valence-electron chi connectivity index (χ2n) is 7.20. The van der Waals surface area contributed by atoms with Crippen LogP contribution in [0, 0.1) is 5.92 Å². The van der Waals surface area contributed by atoms with Gasteiger partial charge in [-0.2, -0.15) is 0 Å².